The number of carbonyl (C=O) groups excluding carboxylic acids is 1. The number of anilines is 1. The number of aromatic nitrogens is 1. The quantitative estimate of drug-likeness (QED) is 0.623. The van der Waals surface area contributed by atoms with Gasteiger partial charge in [0.2, 0.25) is 5.91 Å². The van der Waals surface area contributed by atoms with Gasteiger partial charge in [-0.3, -0.25) is 14.6 Å². The Balaban J connectivity index is 1.50. The summed E-state index contributed by atoms with van der Waals surface area (Å²) in [7, 11) is 0. The largest absolute Gasteiger partial charge is 0.494 e. The molecule has 2 aromatic rings. The molecule has 6 nitrogen and oxygen atoms in total. The second kappa shape index (κ2) is 10.6. The van der Waals surface area contributed by atoms with E-state index in [1.54, 1.807) is 11.3 Å². The molecule has 1 saturated carbocycles. The van der Waals surface area contributed by atoms with Gasteiger partial charge in [-0.25, -0.2) is 4.98 Å². The number of ether oxygens (including phenoxy) is 2. The zero-order valence-corrected chi connectivity index (χ0v) is 18.8. The van der Waals surface area contributed by atoms with Crippen molar-refractivity contribution in [1.29, 1.82) is 0 Å². The van der Waals surface area contributed by atoms with Gasteiger partial charge in [0.1, 0.15) is 5.75 Å². The fourth-order valence-electron chi connectivity index (χ4n) is 4.41. The first kappa shape index (κ1) is 21.5. The van der Waals surface area contributed by atoms with E-state index in [9.17, 15) is 4.79 Å². The molecule has 0 spiro atoms. The Hall–Kier alpha value is -1.70. The number of amides is 1. The predicted octanol–water partition coefficient (Wildman–Crippen LogP) is 4.33. The first-order valence-electron chi connectivity index (χ1n) is 11.4. The van der Waals surface area contributed by atoms with Crippen LogP contribution in [0.5, 0.6) is 5.75 Å². The number of benzene rings is 1. The Morgan fingerprint density at radius 3 is 2.83 bits per heavy atom. The third kappa shape index (κ3) is 5.31. The summed E-state index contributed by atoms with van der Waals surface area (Å²) in [6.07, 6.45) is 6.56. The standard InChI is InChI=1S/C23H33N3O3S/c1-2-29-19-9-10-20-21(17-19)30-23(24-20)26(22(27)18-7-4-3-5-8-18)12-6-11-25-13-15-28-16-14-25/h9-10,17-18H,2-8,11-16H2,1H3. The van der Waals surface area contributed by atoms with Gasteiger partial charge in [0, 0.05) is 32.1 Å². The molecule has 1 aliphatic heterocycles. The van der Waals surface area contributed by atoms with E-state index in [1.165, 1.54) is 6.42 Å². The van der Waals surface area contributed by atoms with Gasteiger partial charge in [0.25, 0.3) is 0 Å². The normalized spacial score (nSPS) is 18.6. The Bertz CT molecular complexity index is 828. The van der Waals surface area contributed by atoms with E-state index < -0.39 is 0 Å². The Kier molecular flexibility index (Phi) is 7.57. The number of hydrogen-bond donors (Lipinski definition) is 0. The van der Waals surface area contributed by atoms with Crippen LogP contribution in [0, 0.1) is 5.92 Å². The van der Waals surface area contributed by atoms with Gasteiger partial charge in [-0.1, -0.05) is 30.6 Å². The van der Waals surface area contributed by atoms with Crippen molar-refractivity contribution in [3.63, 3.8) is 0 Å². The van der Waals surface area contributed by atoms with Gasteiger partial charge < -0.3 is 9.47 Å². The van der Waals surface area contributed by atoms with E-state index in [1.807, 2.05) is 30.0 Å². The smallest absolute Gasteiger partial charge is 0.231 e. The third-order valence-electron chi connectivity index (χ3n) is 6.07. The number of fused-ring (bicyclic) bond motifs is 1. The monoisotopic (exact) mass is 431 g/mol. The average Bonchev–Trinajstić information content (AvgIpc) is 3.21. The average molecular weight is 432 g/mol. The van der Waals surface area contributed by atoms with Crippen molar-refractivity contribution in [3.8, 4) is 5.75 Å². The second-order valence-electron chi connectivity index (χ2n) is 8.19. The lowest BCUT2D eigenvalue weighted by molar-refractivity contribution is -0.123. The molecule has 0 bridgehead atoms. The van der Waals surface area contributed by atoms with E-state index in [2.05, 4.69) is 4.90 Å². The maximum atomic E-state index is 13.5. The summed E-state index contributed by atoms with van der Waals surface area (Å²) in [5, 5.41) is 0.830. The molecule has 30 heavy (non-hydrogen) atoms. The number of thiazole rings is 1. The van der Waals surface area contributed by atoms with Gasteiger partial charge in [0.15, 0.2) is 5.13 Å². The minimum Gasteiger partial charge on any atom is -0.494 e. The predicted molar refractivity (Wildman–Crippen MR) is 122 cm³/mol. The van der Waals surface area contributed by atoms with Crippen molar-refractivity contribution in [2.24, 2.45) is 5.92 Å². The topological polar surface area (TPSA) is 54.9 Å². The number of morpholine rings is 1. The summed E-state index contributed by atoms with van der Waals surface area (Å²) in [4.78, 5) is 22.7. The van der Waals surface area contributed by atoms with Crippen molar-refractivity contribution in [2.45, 2.75) is 45.4 Å². The molecule has 1 aliphatic carbocycles. The van der Waals surface area contributed by atoms with Gasteiger partial charge in [-0.15, -0.1) is 0 Å². The van der Waals surface area contributed by atoms with Crippen LogP contribution in [0.15, 0.2) is 18.2 Å². The van der Waals surface area contributed by atoms with Crippen LogP contribution in [-0.2, 0) is 9.53 Å². The van der Waals surface area contributed by atoms with Crippen LogP contribution in [0.1, 0.15) is 45.4 Å². The van der Waals surface area contributed by atoms with Crippen LogP contribution in [0.2, 0.25) is 0 Å². The highest BCUT2D eigenvalue weighted by Crippen LogP contribution is 2.34. The van der Waals surface area contributed by atoms with E-state index >= 15 is 0 Å². The van der Waals surface area contributed by atoms with Crippen molar-refractivity contribution in [1.82, 2.24) is 9.88 Å². The fraction of sp³-hybridized carbons (Fsp3) is 0.652. The number of nitrogens with zero attached hydrogens (tertiary/aromatic N) is 3. The van der Waals surface area contributed by atoms with Crippen molar-refractivity contribution < 1.29 is 14.3 Å². The minimum atomic E-state index is 0.146. The lowest BCUT2D eigenvalue weighted by Gasteiger charge is -2.30. The summed E-state index contributed by atoms with van der Waals surface area (Å²) >= 11 is 1.60. The highest BCUT2D eigenvalue weighted by Gasteiger charge is 2.28. The summed E-state index contributed by atoms with van der Waals surface area (Å²) in [6, 6.07) is 6.00. The molecule has 0 radical (unpaired) electrons. The lowest BCUT2D eigenvalue weighted by atomic mass is 9.88. The van der Waals surface area contributed by atoms with Gasteiger partial charge in [0.05, 0.1) is 30.0 Å². The SMILES string of the molecule is CCOc1ccc2nc(N(CCCN3CCOCC3)C(=O)C3CCCCC3)sc2c1. The molecule has 1 aromatic heterocycles. The zero-order chi connectivity index (χ0) is 20.8. The second-order valence-corrected chi connectivity index (χ2v) is 9.20. The van der Waals surface area contributed by atoms with Gasteiger partial charge in [-0.05, 0) is 44.4 Å². The van der Waals surface area contributed by atoms with Crippen LogP contribution in [0.3, 0.4) is 0 Å². The Labute approximate surface area is 183 Å². The molecule has 0 atom stereocenters. The minimum absolute atomic E-state index is 0.146. The molecule has 1 amide bonds. The molecule has 1 aromatic carbocycles. The molecule has 0 N–H and O–H groups in total. The van der Waals surface area contributed by atoms with Crippen molar-refractivity contribution in [2.75, 3.05) is 50.9 Å². The summed E-state index contributed by atoms with van der Waals surface area (Å²) in [6.45, 7) is 7.94. The van der Waals surface area contributed by atoms with Crippen LogP contribution < -0.4 is 9.64 Å². The first-order valence-corrected chi connectivity index (χ1v) is 12.2. The zero-order valence-electron chi connectivity index (χ0n) is 18.0. The molecular weight excluding hydrogens is 398 g/mol. The van der Waals surface area contributed by atoms with Crippen LogP contribution in [-0.4, -0.2) is 61.8 Å². The van der Waals surface area contributed by atoms with E-state index in [4.69, 9.17) is 14.5 Å². The summed E-state index contributed by atoms with van der Waals surface area (Å²) < 4.78 is 12.2. The van der Waals surface area contributed by atoms with Gasteiger partial charge in [-0.2, -0.15) is 0 Å². The maximum Gasteiger partial charge on any atom is 0.231 e. The lowest BCUT2D eigenvalue weighted by Crippen LogP contribution is -2.41. The van der Waals surface area contributed by atoms with Crippen molar-refractivity contribution in [3.05, 3.63) is 18.2 Å². The molecule has 2 fully saturated rings. The number of carbonyl (C=O) groups is 1. The molecule has 1 saturated heterocycles. The summed E-state index contributed by atoms with van der Waals surface area (Å²) in [5.41, 5.74) is 0.938. The molecule has 4 rings (SSSR count). The van der Waals surface area contributed by atoms with Crippen molar-refractivity contribution >= 4 is 32.6 Å². The number of rotatable bonds is 8. The fourth-order valence-corrected chi connectivity index (χ4v) is 5.44. The summed E-state index contributed by atoms with van der Waals surface area (Å²) in [5.74, 6) is 1.27. The van der Waals surface area contributed by atoms with E-state index in [0.717, 1.165) is 92.6 Å². The van der Waals surface area contributed by atoms with E-state index in [0.29, 0.717) is 6.61 Å². The maximum absolute atomic E-state index is 13.5. The molecule has 0 unspecified atom stereocenters. The highest BCUT2D eigenvalue weighted by atomic mass is 32.1. The Morgan fingerprint density at radius 1 is 1.27 bits per heavy atom. The van der Waals surface area contributed by atoms with E-state index in [-0.39, 0.29) is 11.8 Å². The molecular formula is C23H33N3O3S. The molecule has 164 valence electrons. The third-order valence-corrected chi connectivity index (χ3v) is 7.11. The molecule has 2 aliphatic rings. The highest BCUT2D eigenvalue weighted by molar-refractivity contribution is 7.22. The first-order chi connectivity index (χ1) is 14.7. The van der Waals surface area contributed by atoms with Crippen LogP contribution >= 0.6 is 11.3 Å². The molecule has 7 heteroatoms. The van der Waals surface area contributed by atoms with Crippen LogP contribution in [0.4, 0.5) is 5.13 Å². The number of hydrogen-bond acceptors (Lipinski definition) is 6. The van der Waals surface area contributed by atoms with Gasteiger partial charge >= 0.3 is 0 Å². The molecule has 2 heterocycles. The Morgan fingerprint density at radius 2 is 2.07 bits per heavy atom. The van der Waals surface area contributed by atoms with Crippen LogP contribution in [0.25, 0.3) is 10.2 Å².